The molecule has 0 saturated carbocycles. The topological polar surface area (TPSA) is 60.9 Å². The van der Waals surface area contributed by atoms with E-state index < -0.39 is 10.0 Å². The zero-order chi connectivity index (χ0) is 14.8. The quantitative estimate of drug-likeness (QED) is 0.906. The number of aliphatic hydroxyl groups excluding tert-OH is 1. The van der Waals surface area contributed by atoms with Gasteiger partial charge in [0, 0.05) is 39.5 Å². The second-order valence-electron chi connectivity index (χ2n) is 5.39. The minimum Gasteiger partial charge on any atom is -0.396 e. The van der Waals surface area contributed by atoms with Crippen molar-refractivity contribution in [3.8, 4) is 0 Å². The molecule has 0 spiro atoms. The zero-order valence-electron chi connectivity index (χ0n) is 12.0. The molecule has 2 rings (SSSR count). The number of anilines is 1. The maximum Gasteiger partial charge on any atom is 0.242 e. The Morgan fingerprint density at radius 2 is 1.75 bits per heavy atom. The van der Waals surface area contributed by atoms with Crippen LogP contribution in [0.1, 0.15) is 12.8 Å². The predicted molar refractivity (Wildman–Crippen MR) is 79.3 cm³/mol. The molecule has 1 fully saturated rings. The van der Waals surface area contributed by atoms with Crippen LogP contribution in [-0.2, 0) is 10.0 Å². The van der Waals surface area contributed by atoms with Crippen LogP contribution < -0.4 is 4.90 Å². The Hall–Kier alpha value is -1.11. The lowest BCUT2D eigenvalue weighted by molar-refractivity contribution is 0.203. The summed E-state index contributed by atoms with van der Waals surface area (Å²) < 4.78 is 25.2. The highest BCUT2D eigenvalue weighted by atomic mass is 32.2. The Bertz CT molecular complexity index is 532. The van der Waals surface area contributed by atoms with E-state index in [1.807, 2.05) is 12.1 Å². The van der Waals surface area contributed by atoms with Crippen molar-refractivity contribution in [1.82, 2.24) is 4.31 Å². The van der Waals surface area contributed by atoms with Crippen molar-refractivity contribution in [2.24, 2.45) is 5.92 Å². The minimum absolute atomic E-state index is 0.258. The van der Waals surface area contributed by atoms with Crippen molar-refractivity contribution in [1.29, 1.82) is 0 Å². The Morgan fingerprint density at radius 1 is 1.20 bits per heavy atom. The molecule has 1 aliphatic heterocycles. The zero-order valence-corrected chi connectivity index (χ0v) is 12.8. The maximum absolute atomic E-state index is 12.0. The summed E-state index contributed by atoms with van der Waals surface area (Å²) in [7, 11) is -0.294. The molecular weight excluding hydrogens is 276 g/mol. The summed E-state index contributed by atoms with van der Waals surface area (Å²) in [6, 6.07) is 7.02. The second kappa shape index (κ2) is 6.11. The fraction of sp³-hybridized carbons (Fsp3) is 0.571. The summed E-state index contributed by atoms with van der Waals surface area (Å²) in [5.41, 5.74) is 1.04. The lowest BCUT2D eigenvalue weighted by Gasteiger charge is -2.33. The number of benzene rings is 1. The lowest BCUT2D eigenvalue weighted by Crippen LogP contribution is -2.34. The van der Waals surface area contributed by atoms with E-state index in [1.165, 1.54) is 18.4 Å². The van der Waals surface area contributed by atoms with Crippen molar-refractivity contribution in [2.75, 3.05) is 38.7 Å². The number of piperidine rings is 1. The highest BCUT2D eigenvalue weighted by Crippen LogP contribution is 2.24. The number of nitrogens with zero attached hydrogens (tertiary/aromatic N) is 2. The maximum atomic E-state index is 12.0. The number of aliphatic hydroxyl groups is 1. The first-order valence-electron chi connectivity index (χ1n) is 6.83. The van der Waals surface area contributed by atoms with Crippen LogP contribution >= 0.6 is 0 Å². The van der Waals surface area contributed by atoms with Gasteiger partial charge in [0.15, 0.2) is 0 Å². The Balaban J connectivity index is 2.10. The van der Waals surface area contributed by atoms with Gasteiger partial charge in [0.1, 0.15) is 0 Å². The standard InChI is InChI=1S/C14H22N2O3S/c1-15(2)20(18,19)14-5-3-13(4-6-14)16-9-7-12(11-17)8-10-16/h3-6,12,17H,7-11H2,1-2H3. The van der Waals surface area contributed by atoms with Crippen LogP contribution in [0, 0.1) is 5.92 Å². The molecule has 0 bridgehead atoms. The molecule has 0 aromatic heterocycles. The molecule has 0 unspecified atom stereocenters. The molecule has 5 nitrogen and oxygen atoms in total. The van der Waals surface area contributed by atoms with Crippen LogP contribution in [0.25, 0.3) is 0 Å². The van der Waals surface area contributed by atoms with Crippen molar-refractivity contribution in [3.05, 3.63) is 24.3 Å². The molecule has 0 radical (unpaired) electrons. The van der Waals surface area contributed by atoms with E-state index in [4.69, 9.17) is 5.11 Å². The highest BCUT2D eigenvalue weighted by molar-refractivity contribution is 7.89. The fourth-order valence-corrected chi connectivity index (χ4v) is 3.32. The molecule has 0 aliphatic carbocycles. The molecule has 6 heteroatoms. The number of hydrogen-bond donors (Lipinski definition) is 1. The minimum atomic E-state index is -3.36. The van der Waals surface area contributed by atoms with Gasteiger partial charge < -0.3 is 10.0 Å². The summed E-state index contributed by atoms with van der Waals surface area (Å²) in [5.74, 6) is 0.402. The number of sulfonamides is 1. The summed E-state index contributed by atoms with van der Waals surface area (Å²) >= 11 is 0. The van der Waals surface area contributed by atoms with Gasteiger partial charge in [-0.05, 0) is 43.0 Å². The highest BCUT2D eigenvalue weighted by Gasteiger charge is 2.20. The third-order valence-corrected chi connectivity index (χ3v) is 5.68. The molecule has 1 N–H and O–H groups in total. The molecule has 1 heterocycles. The van der Waals surface area contributed by atoms with E-state index in [0.717, 1.165) is 31.6 Å². The van der Waals surface area contributed by atoms with Crippen LogP contribution in [0.2, 0.25) is 0 Å². The van der Waals surface area contributed by atoms with E-state index in [-0.39, 0.29) is 6.61 Å². The monoisotopic (exact) mass is 298 g/mol. The molecule has 112 valence electrons. The van der Waals surface area contributed by atoms with Gasteiger partial charge in [0.2, 0.25) is 10.0 Å². The van der Waals surface area contributed by atoms with E-state index in [0.29, 0.717) is 10.8 Å². The lowest BCUT2D eigenvalue weighted by atomic mass is 9.97. The van der Waals surface area contributed by atoms with Gasteiger partial charge in [0.05, 0.1) is 4.90 Å². The van der Waals surface area contributed by atoms with Crippen LogP contribution in [0.4, 0.5) is 5.69 Å². The van der Waals surface area contributed by atoms with E-state index >= 15 is 0 Å². The number of hydrogen-bond acceptors (Lipinski definition) is 4. The largest absolute Gasteiger partial charge is 0.396 e. The van der Waals surface area contributed by atoms with Crippen LogP contribution in [-0.4, -0.2) is 51.6 Å². The summed E-state index contributed by atoms with van der Waals surface area (Å²) in [4.78, 5) is 2.55. The SMILES string of the molecule is CN(C)S(=O)(=O)c1ccc(N2CCC(CO)CC2)cc1. The van der Waals surface area contributed by atoms with Gasteiger partial charge in [-0.15, -0.1) is 0 Å². The van der Waals surface area contributed by atoms with Gasteiger partial charge in [-0.3, -0.25) is 0 Å². The van der Waals surface area contributed by atoms with Crippen LogP contribution in [0.15, 0.2) is 29.2 Å². The first-order chi connectivity index (χ1) is 9.45. The van der Waals surface area contributed by atoms with Crippen molar-refractivity contribution < 1.29 is 13.5 Å². The molecule has 1 aromatic rings. The third kappa shape index (κ3) is 3.13. The van der Waals surface area contributed by atoms with Crippen LogP contribution in [0.5, 0.6) is 0 Å². The smallest absolute Gasteiger partial charge is 0.242 e. The third-order valence-electron chi connectivity index (χ3n) is 3.85. The average molecular weight is 298 g/mol. The number of rotatable bonds is 4. The Labute approximate surface area is 120 Å². The van der Waals surface area contributed by atoms with E-state index in [9.17, 15) is 8.42 Å². The summed E-state index contributed by atoms with van der Waals surface area (Å²) in [6.45, 7) is 2.07. The normalized spacial score (nSPS) is 17.7. The van der Waals surface area contributed by atoms with Gasteiger partial charge in [-0.25, -0.2) is 12.7 Å². The van der Waals surface area contributed by atoms with E-state index in [2.05, 4.69) is 4.90 Å². The van der Waals surface area contributed by atoms with Crippen molar-refractivity contribution in [3.63, 3.8) is 0 Å². The first-order valence-corrected chi connectivity index (χ1v) is 8.27. The Morgan fingerprint density at radius 3 is 2.20 bits per heavy atom. The summed E-state index contributed by atoms with van der Waals surface area (Å²) in [5, 5.41) is 9.14. The van der Waals surface area contributed by atoms with Gasteiger partial charge >= 0.3 is 0 Å². The molecule has 1 aromatic carbocycles. The fourth-order valence-electron chi connectivity index (χ4n) is 2.41. The van der Waals surface area contributed by atoms with Crippen molar-refractivity contribution >= 4 is 15.7 Å². The average Bonchev–Trinajstić information content (AvgIpc) is 2.47. The van der Waals surface area contributed by atoms with Gasteiger partial charge in [-0.2, -0.15) is 0 Å². The van der Waals surface area contributed by atoms with Gasteiger partial charge in [0.25, 0.3) is 0 Å². The summed E-state index contributed by atoms with van der Waals surface area (Å²) in [6.07, 6.45) is 1.96. The van der Waals surface area contributed by atoms with Crippen LogP contribution in [0.3, 0.4) is 0 Å². The van der Waals surface area contributed by atoms with Gasteiger partial charge in [-0.1, -0.05) is 0 Å². The Kier molecular flexibility index (Phi) is 4.67. The molecule has 1 aliphatic rings. The molecule has 0 atom stereocenters. The van der Waals surface area contributed by atoms with E-state index in [1.54, 1.807) is 12.1 Å². The predicted octanol–water partition coefficient (Wildman–Crippen LogP) is 1.15. The molecule has 20 heavy (non-hydrogen) atoms. The van der Waals surface area contributed by atoms with Crippen molar-refractivity contribution in [2.45, 2.75) is 17.7 Å². The first kappa shape index (κ1) is 15.3. The molecule has 1 saturated heterocycles. The molecule has 0 amide bonds. The molecular formula is C14H22N2O3S. The second-order valence-corrected chi connectivity index (χ2v) is 7.55.